The Kier molecular flexibility index (Phi) is 5.41. The fourth-order valence-electron chi connectivity index (χ4n) is 3.59. The predicted octanol–water partition coefficient (Wildman–Crippen LogP) is 2.27. The van der Waals surface area contributed by atoms with E-state index in [-0.39, 0.29) is 18.6 Å². The molecule has 0 bridgehead atoms. The number of anilines is 2. The summed E-state index contributed by atoms with van der Waals surface area (Å²) in [6.07, 6.45) is 4.20. The van der Waals surface area contributed by atoms with Gasteiger partial charge in [-0.1, -0.05) is 0 Å². The molecule has 1 fully saturated rings. The van der Waals surface area contributed by atoms with Gasteiger partial charge in [-0.3, -0.25) is 4.79 Å². The van der Waals surface area contributed by atoms with Crippen LogP contribution in [-0.4, -0.2) is 52.9 Å². The molecule has 3 aromatic rings. The molecule has 2 aliphatic rings. The number of aryl methyl sites for hydroxylation is 1. The van der Waals surface area contributed by atoms with Gasteiger partial charge in [-0.2, -0.15) is 0 Å². The number of hydrogen-bond donors (Lipinski definition) is 2. The number of benzene rings is 1. The molecule has 1 amide bonds. The highest BCUT2D eigenvalue weighted by atomic mass is 32.2. The maximum Gasteiger partial charge on any atom is 0.231 e. The highest BCUT2D eigenvalue weighted by Crippen LogP contribution is 2.44. The fraction of sp³-hybridized carbons (Fsp3) is 0.429. The molecule has 0 atom stereocenters. The molecule has 11 heteroatoms. The van der Waals surface area contributed by atoms with Gasteiger partial charge in [0.25, 0.3) is 0 Å². The third-order valence-corrected chi connectivity index (χ3v) is 6.51. The summed E-state index contributed by atoms with van der Waals surface area (Å²) in [7, 11) is 3.97. The molecule has 1 aliphatic heterocycles. The lowest BCUT2D eigenvalue weighted by Gasteiger charge is -2.18. The maximum absolute atomic E-state index is 11.9. The quantitative estimate of drug-likeness (QED) is 0.493. The van der Waals surface area contributed by atoms with E-state index >= 15 is 0 Å². The fourth-order valence-corrected chi connectivity index (χ4v) is 4.73. The van der Waals surface area contributed by atoms with E-state index < -0.39 is 0 Å². The second-order valence-corrected chi connectivity index (χ2v) is 9.07. The van der Waals surface area contributed by atoms with Crippen LogP contribution < -0.4 is 25.4 Å². The van der Waals surface area contributed by atoms with Crippen molar-refractivity contribution in [3.8, 4) is 11.5 Å². The smallest absolute Gasteiger partial charge is 0.231 e. The van der Waals surface area contributed by atoms with Crippen molar-refractivity contribution in [1.82, 2.24) is 24.8 Å². The van der Waals surface area contributed by atoms with E-state index in [0.717, 1.165) is 40.8 Å². The molecule has 3 heterocycles. The second kappa shape index (κ2) is 8.38. The van der Waals surface area contributed by atoms with Crippen molar-refractivity contribution in [2.75, 3.05) is 38.1 Å². The van der Waals surface area contributed by atoms with Crippen LogP contribution in [-0.2, 0) is 11.3 Å². The zero-order chi connectivity index (χ0) is 22.2. The first-order chi connectivity index (χ1) is 15.5. The Morgan fingerprint density at radius 3 is 2.81 bits per heavy atom. The Hall–Kier alpha value is -3.21. The highest BCUT2D eigenvalue weighted by molar-refractivity contribution is 7.99. The average molecular weight is 456 g/mol. The summed E-state index contributed by atoms with van der Waals surface area (Å²) in [5.41, 5.74) is 8.33. The first kappa shape index (κ1) is 20.7. The summed E-state index contributed by atoms with van der Waals surface area (Å²) < 4.78 is 13.2. The van der Waals surface area contributed by atoms with Crippen LogP contribution in [0.4, 0.5) is 11.5 Å². The molecule has 10 nitrogen and oxygen atoms in total. The molecule has 32 heavy (non-hydrogen) atoms. The van der Waals surface area contributed by atoms with E-state index in [2.05, 4.69) is 15.3 Å². The molecule has 1 saturated carbocycles. The molecule has 0 spiro atoms. The highest BCUT2D eigenvalue weighted by Gasteiger charge is 2.29. The van der Waals surface area contributed by atoms with Crippen molar-refractivity contribution in [2.45, 2.75) is 35.9 Å². The molecule has 3 N–H and O–H groups in total. The summed E-state index contributed by atoms with van der Waals surface area (Å²) in [6, 6.07) is 3.94. The number of nitrogens with zero attached hydrogens (tertiary/aromatic N) is 5. The van der Waals surface area contributed by atoms with Crippen LogP contribution in [0.2, 0.25) is 0 Å². The molecule has 5 rings (SSSR count). The number of imidazole rings is 1. The Labute approximate surface area is 189 Å². The van der Waals surface area contributed by atoms with Gasteiger partial charge in [0.2, 0.25) is 12.7 Å². The number of carbonyl (C=O) groups excluding carboxylic acids is 1. The van der Waals surface area contributed by atoms with Gasteiger partial charge in [0.1, 0.15) is 6.33 Å². The van der Waals surface area contributed by atoms with Gasteiger partial charge in [0.05, 0.1) is 5.69 Å². The van der Waals surface area contributed by atoms with Gasteiger partial charge in [-0.05, 0) is 31.0 Å². The number of fused-ring (bicyclic) bond motifs is 2. The average Bonchev–Trinajstić information content (AvgIpc) is 3.43. The number of nitrogens with two attached hydrogens (primary N) is 1. The normalized spacial score (nSPS) is 14.7. The van der Waals surface area contributed by atoms with Crippen molar-refractivity contribution < 1.29 is 14.3 Å². The van der Waals surface area contributed by atoms with E-state index in [4.69, 9.17) is 20.2 Å². The van der Waals surface area contributed by atoms with Crippen LogP contribution >= 0.6 is 11.8 Å². The molecule has 0 unspecified atom stereocenters. The Bertz CT molecular complexity index is 1180. The molecule has 1 aliphatic carbocycles. The summed E-state index contributed by atoms with van der Waals surface area (Å²) in [5.74, 6) is 2.14. The zero-order valence-corrected chi connectivity index (χ0v) is 18.8. The third-order valence-electron chi connectivity index (χ3n) is 5.47. The van der Waals surface area contributed by atoms with Crippen molar-refractivity contribution in [1.29, 1.82) is 0 Å². The van der Waals surface area contributed by atoms with Crippen LogP contribution in [0.5, 0.6) is 11.5 Å². The zero-order valence-electron chi connectivity index (χ0n) is 18.0. The molecule has 2 aromatic heterocycles. The van der Waals surface area contributed by atoms with Gasteiger partial charge in [0.15, 0.2) is 33.6 Å². The number of rotatable bonds is 8. The largest absolute Gasteiger partial charge is 0.454 e. The van der Waals surface area contributed by atoms with E-state index in [9.17, 15) is 4.79 Å². The second-order valence-electron chi connectivity index (χ2n) is 8.07. The molecular weight excluding hydrogens is 430 g/mol. The number of nitrogens with one attached hydrogen (secondary N) is 1. The van der Waals surface area contributed by atoms with Gasteiger partial charge < -0.3 is 30.0 Å². The van der Waals surface area contributed by atoms with E-state index in [1.165, 1.54) is 18.1 Å². The monoisotopic (exact) mass is 455 g/mol. The van der Waals surface area contributed by atoms with Crippen molar-refractivity contribution >= 4 is 40.3 Å². The lowest BCUT2D eigenvalue weighted by molar-refractivity contribution is -0.122. The van der Waals surface area contributed by atoms with Crippen LogP contribution in [0.25, 0.3) is 11.2 Å². The number of nitrogen functional groups attached to an aromatic ring is 1. The summed E-state index contributed by atoms with van der Waals surface area (Å²) >= 11 is 1.51. The van der Waals surface area contributed by atoms with Crippen molar-refractivity contribution in [2.24, 2.45) is 5.92 Å². The minimum atomic E-state index is 0.151. The lowest BCUT2D eigenvalue weighted by atomic mass is 10.2. The standard InChI is InChI=1S/C21H25N7O3S/c1-27(2)13-8-14-15(31-11-30-14)9-16(13)32-21-26-17-18(22)24-10-25-19(17)28(21)7-3-6-23-20(29)12-4-5-12/h8-10,12H,3-7,11H2,1-2H3,(H,23,29)(H2,22,24,25). The molecule has 0 radical (unpaired) electrons. The van der Waals surface area contributed by atoms with Crippen molar-refractivity contribution in [3.05, 3.63) is 18.5 Å². The van der Waals surface area contributed by atoms with E-state index in [1.54, 1.807) is 0 Å². The maximum atomic E-state index is 11.9. The number of carbonyl (C=O) groups is 1. The van der Waals surface area contributed by atoms with Gasteiger partial charge in [0, 0.05) is 50.1 Å². The van der Waals surface area contributed by atoms with Crippen LogP contribution in [0.1, 0.15) is 19.3 Å². The van der Waals surface area contributed by atoms with Crippen LogP contribution in [0, 0.1) is 5.92 Å². The summed E-state index contributed by atoms with van der Waals surface area (Å²) in [6.45, 7) is 1.46. The predicted molar refractivity (Wildman–Crippen MR) is 121 cm³/mol. The number of amides is 1. The first-order valence-electron chi connectivity index (χ1n) is 10.5. The van der Waals surface area contributed by atoms with E-state index in [1.807, 2.05) is 35.7 Å². The molecule has 0 saturated heterocycles. The third kappa shape index (κ3) is 3.99. The minimum absolute atomic E-state index is 0.151. The summed E-state index contributed by atoms with van der Waals surface area (Å²) in [4.78, 5) is 28.2. The number of aromatic nitrogens is 4. The summed E-state index contributed by atoms with van der Waals surface area (Å²) in [5, 5.41) is 3.77. The van der Waals surface area contributed by atoms with E-state index in [0.29, 0.717) is 35.8 Å². The molecular formula is C21H25N7O3S. The van der Waals surface area contributed by atoms with Crippen LogP contribution in [0.3, 0.4) is 0 Å². The number of ether oxygens (including phenoxy) is 2. The molecule has 168 valence electrons. The topological polar surface area (TPSA) is 120 Å². The first-order valence-corrected chi connectivity index (χ1v) is 11.4. The Morgan fingerprint density at radius 2 is 2.06 bits per heavy atom. The Morgan fingerprint density at radius 1 is 1.28 bits per heavy atom. The van der Waals surface area contributed by atoms with Gasteiger partial charge in [-0.25, -0.2) is 15.0 Å². The number of hydrogen-bond acceptors (Lipinski definition) is 9. The molecule has 1 aromatic carbocycles. The minimum Gasteiger partial charge on any atom is -0.454 e. The van der Waals surface area contributed by atoms with Crippen LogP contribution in [0.15, 0.2) is 28.5 Å². The van der Waals surface area contributed by atoms with Gasteiger partial charge >= 0.3 is 0 Å². The lowest BCUT2D eigenvalue weighted by Crippen LogP contribution is -2.26. The Balaban J connectivity index is 1.44. The SMILES string of the molecule is CN(C)c1cc2c(cc1Sc1nc3c(N)ncnc3n1CCCNC(=O)C1CC1)OCO2. The van der Waals surface area contributed by atoms with Crippen molar-refractivity contribution in [3.63, 3.8) is 0 Å². The van der Waals surface area contributed by atoms with Gasteiger partial charge in [-0.15, -0.1) is 0 Å².